The normalized spacial score (nSPS) is 12.3. The fourth-order valence-corrected chi connectivity index (χ4v) is 1.62. The zero-order valence-electron chi connectivity index (χ0n) is 12.0. The minimum atomic E-state index is -0.394. The van der Waals surface area contributed by atoms with E-state index in [4.69, 9.17) is 9.47 Å². The number of hydrogen-bond acceptors (Lipinski definition) is 5. The predicted octanol–water partition coefficient (Wildman–Crippen LogP) is 2.34. The molecule has 0 saturated heterocycles. The maximum atomic E-state index is 11.7. The van der Waals surface area contributed by atoms with Crippen molar-refractivity contribution < 1.29 is 14.3 Å². The zero-order chi connectivity index (χ0) is 14.3. The van der Waals surface area contributed by atoms with Gasteiger partial charge in [0.15, 0.2) is 0 Å². The molecule has 0 radical (unpaired) electrons. The molecule has 0 bridgehead atoms. The molecule has 0 aliphatic heterocycles. The van der Waals surface area contributed by atoms with Crippen LogP contribution in [0.2, 0.25) is 0 Å². The lowest BCUT2D eigenvalue weighted by Gasteiger charge is -2.23. The minimum absolute atomic E-state index is 0.0956. The van der Waals surface area contributed by atoms with Crippen molar-refractivity contribution in [3.63, 3.8) is 0 Å². The third kappa shape index (κ3) is 4.52. The van der Waals surface area contributed by atoms with Crippen molar-refractivity contribution in [3.05, 3.63) is 23.9 Å². The first kappa shape index (κ1) is 15.4. The Morgan fingerprint density at radius 3 is 2.79 bits per heavy atom. The fraction of sp³-hybridized carbons (Fsp3) is 0.571. The molecule has 5 nitrogen and oxygen atoms in total. The number of hydrogen-bond donors (Lipinski definition) is 1. The molecule has 0 aliphatic rings. The number of carbonyl (C=O) groups excluding carboxylic acids is 1. The van der Waals surface area contributed by atoms with Gasteiger partial charge in [-0.2, -0.15) is 0 Å². The van der Waals surface area contributed by atoms with E-state index in [0.29, 0.717) is 30.5 Å². The van der Waals surface area contributed by atoms with E-state index >= 15 is 0 Å². The monoisotopic (exact) mass is 266 g/mol. The molecule has 0 amide bonds. The first-order valence-corrected chi connectivity index (χ1v) is 6.47. The van der Waals surface area contributed by atoms with Gasteiger partial charge in [0.25, 0.3) is 0 Å². The van der Waals surface area contributed by atoms with Crippen LogP contribution in [0.5, 0.6) is 0 Å². The van der Waals surface area contributed by atoms with Gasteiger partial charge in [-0.3, -0.25) is 0 Å². The number of aromatic nitrogens is 1. The van der Waals surface area contributed by atoms with Crippen molar-refractivity contribution in [2.45, 2.75) is 26.8 Å². The minimum Gasteiger partial charge on any atom is -0.465 e. The Balaban J connectivity index is 2.86. The van der Waals surface area contributed by atoms with Crippen molar-refractivity contribution in [1.82, 2.24) is 4.98 Å². The largest absolute Gasteiger partial charge is 0.465 e. The third-order valence-electron chi connectivity index (χ3n) is 2.84. The van der Waals surface area contributed by atoms with Gasteiger partial charge in [-0.05, 0) is 25.0 Å². The summed E-state index contributed by atoms with van der Waals surface area (Å²) in [5.41, 5.74) is 0.437. The van der Waals surface area contributed by atoms with E-state index < -0.39 is 5.97 Å². The Morgan fingerprint density at radius 1 is 1.47 bits per heavy atom. The molecule has 1 heterocycles. The van der Waals surface area contributed by atoms with Gasteiger partial charge >= 0.3 is 5.97 Å². The highest BCUT2D eigenvalue weighted by atomic mass is 16.5. The highest BCUT2D eigenvalue weighted by molar-refractivity contribution is 5.94. The summed E-state index contributed by atoms with van der Waals surface area (Å²) in [6.07, 6.45) is 1.65. The standard InChI is InChI=1S/C14H22N2O3/c1-5-19-9-12(10(2)3)16-13-11(14(17)18-4)7-6-8-15-13/h6-8,10,12H,5,9H2,1-4H3,(H,15,16). The van der Waals surface area contributed by atoms with E-state index in [0.717, 1.165) is 0 Å². The quantitative estimate of drug-likeness (QED) is 0.768. The van der Waals surface area contributed by atoms with Gasteiger partial charge in [0.2, 0.25) is 0 Å². The smallest absolute Gasteiger partial charge is 0.341 e. The number of nitrogens with one attached hydrogen (secondary N) is 1. The number of pyridine rings is 1. The van der Waals surface area contributed by atoms with E-state index in [9.17, 15) is 4.79 Å². The lowest BCUT2D eigenvalue weighted by molar-refractivity contribution is 0.0601. The molecule has 106 valence electrons. The van der Waals surface area contributed by atoms with E-state index in [1.807, 2.05) is 6.92 Å². The molecule has 1 unspecified atom stereocenters. The van der Waals surface area contributed by atoms with Gasteiger partial charge in [0, 0.05) is 12.8 Å². The summed E-state index contributed by atoms with van der Waals surface area (Å²) >= 11 is 0. The number of rotatable bonds is 7. The van der Waals surface area contributed by atoms with Crippen LogP contribution < -0.4 is 5.32 Å². The molecule has 0 saturated carbocycles. The van der Waals surface area contributed by atoms with Crippen molar-refractivity contribution in [1.29, 1.82) is 0 Å². The van der Waals surface area contributed by atoms with Crippen LogP contribution in [0.1, 0.15) is 31.1 Å². The molecule has 0 aliphatic carbocycles. The SMILES string of the molecule is CCOCC(Nc1ncccc1C(=O)OC)C(C)C. The molecule has 1 aromatic rings. The molecule has 1 atom stereocenters. The number of nitrogens with zero attached hydrogens (tertiary/aromatic N) is 1. The van der Waals surface area contributed by atoms with Crippen LogP contribution in [0.15, 0.2) is 18.3 Å². The van der Waals surface area contributed by atoms with Gasteiger partial charge < -0.3 is 14.8 Å². The first-order valence-electron chi connectivity index (χ1n) is 6.47. The second-order valence-electron chi connectivity index (χ2n) is 4.55. The van der Waals surface area contributed by atoms with Crippen LogP contribution in [0.3, 0.4) is 0 Å². The third-order valence-corrected chi connectivity index (χ3v) is 2.84. The highest BCUT2D eigenvalue weighted by Gasteiger charge is 2.18. The van der Waals surface area contributed by atoms with Gasteiger partial charge in [-0.15, -0.1) is 0 Å². The van der Waals surface area contributed by atoms with E-state index in [-0.39, 0.29) is 6.04 Å². The lowest BCUT2D eigenvalue weighted by Crippen LogP contribution is -2.32. The van der Waals surface area contributed by atoms with E-state index in [2.05, 4.69) is 24.1 Å². The maximum absolute atomic E-state index is 11.7. The molecule has 5 heteroatoms. The second kappa shape index (κ2) is 7.74. The molecule has 0 spiro atoms. The summed E-state index contributed by atoms with van der Waals surface area (Å²) in [4.78, 5) is 15.9. The molecular weight excluding hydrogens is 244 g/mol. The lowest BCUT2D eigenvalue weighted by atomic mass is 10.1. The van der Waals surface area contributed by atoms with Crippen LogP contribution in [0, 0.1) is 5.92 Å². The first-order chi connectivity index (χ1) is 9.10. The van der Waals surface area contributed by atoms with Crippen molar-refractivity contribution in [3.8, 4) is 0 Å². The number of esters is 1. The Labute approximate surface area is 114 Å². The van der Waals surface area contributed by atoms with Crippen LogP contribution in [0.4, 0.5) is 5.82 Å². The Bertz CT molecular complexity index is 407. The van der Waals surface area contributed by atoms with Gasteiger partial charge in [0.1, 0.15) is 11.4 Å². The van der Waals surface area contributed by atoms with Crippen molar-refractivity contribution in [2.24, 2.45) is 5.92 Å². The fourth-order valence-electron chi connectivity index (χ4n) is 1.62. The molecular formula is C14H22N2O3. The topological polar surface area (TPSA) is 60.5 Å². The van der Waals surface area contributed by atoms with Gasteiger partial charge in [-0.1, -0.05) is 13.8 Å². The summed E-state index contributed by atoms with van der Waals surface area (Å²) in [6, 6.07) is 3.50. The highest BCUT2D eigenvalue weighted by Crippen LogP contribution is 2.16. The molecule has 1 N–H and O–H groups in total. The second-order valence-corrected chi connectivity index (χ2v) is 4.55. The molecule has 0 aromatic carbocycles. The Hall–Kier alpha value is -1.62. The zero-order valence-corrected chi connectivity index (χ0v) is 12.0. The maximum Gasteiger partial charge on any atom is 0.341 e. The van der Waals surface area contributed by atoms with Crippen LogP contribution in [0.25, 0.3) is 0 Å². The molecule has 1 aromatic heterocycles. The molecule has 1 rings (SSSR count). The summed E-state index contributed by atoms with van der Waals surface area (Å²) in [5.74, 6) is 0.501. The molecule has 19 heavy (non-hydrogen) atoms. The number of carbonyl (C=O) groups is 1. The summed E-state index contributed by atoms with van der Waals surface area (Å²) < 4.78 is 10.2. The summed E-state index contributed by atoms with van der Waals surface area (Å²) in [5, 5.41) is 3.26. The van der Waals surface area contributed by atoms with E-state index in [1.54, 1.807) is 18.3 Å². The van der Waals surface area contributed by atoms with Gasteiger partial charge in [0.05, 0.1) is 19.8 Å². The average Bonchev–Trinajstić information content (AvgIpc) is 2.42. The average molecular weight is 266 g/mol. The van der Waals surface area contributed by atoms with Crippen LogP contribution >= 0.6 is 0 Å². The summed E-state index contributed by atoms with van der Waals surface area (Å²) in [6.45, 7) is 7.38. The number of methoxy groups -OCH3 is 1. The number of anilines is 1. The number of ether oxygens (including phenoxy) is 2. The van der Waals surface area contributed by atoms with Crippen LogP contribution in [-0.4, -0.2) is 37.3 Å². The molecule has 0 fully saturated rings. The predicted molar refractivity (Wildman–Crippen MR) is 74.3 cm³/mol. The van der Waals surface area contributed by atoms with Crippen LogP contribution in [-0.2, 0) is 9.47 Å². The van der Waals surface area contributed by atoms with Crippen molar-refractivity contribution >= 4 is 11.8 Å². The Kier molecular flexibility index (Phi) is 6.29. The van der Waals surface area contributed by atoms with Crippen molar-refractivity contribution in [2.75, 3.05) is 25.6 Å². The van der Waals surface area contributed by atoms with E-state index in [1.165, 1.54) is 7.11 Å². The summed E-state index contributed by atoms with van der Waals surface area (Å²) in [7, 11) is 1.36. The Morgan fingerprint density at radius 2 is 2.21 bits per heavy atom. The van der Waals surface area contributed by atoms with Gasteiger partial charge in [-0.25, -0.2) is 9.78 Å².